The molecule has 0 radical (unpaired) electrons. The number of carbonyl (C=O) groups excluding carboxylic acids is 1. The molecule has 0 aliphatic heterocycles. The van der Waals surface area contributed by atoms with Crippen molar-refractivity contribution in [3.63, 3.8) is 0 Å². The number of non-ortho nitro benzene ring substituents is 1. The number of hydrogen-bond acceptors (Lipinski definition) is 5. The number of amides is 1. The molecule has 0 aliphatic rings. The number of nitro groups is 1. The maximum absolute atomic E-state index is 12.1. The minimum absolute atomic E-state index is 0.0601. The third kappa shape index (κ3) is 4.49. The normalized spacial score (nSPS) is 12.3. The smallest absolute Gasteiger partial charge is 0.270 e. The molecule has 8 heteroatoms. The molecule has 0 fully saturated rings. The first kappa shape index (κ1) is 19.2. The van der Waals surface area contributed by atoms with E-state index in [4.69, 9.17) is 16.0 Å². The number of nitrogens with one attached hydrogen (secondary N) is 1. The number of furan rings is 1. The highest BCUT2D eigenvalue weighted by Crippen LogP contribution is 2.33. The van der Waals surface area contributed by atoms with E-state index in [0.717, 1.165) is 6.42 Å². The number of nitro benzene ring substituents is 1. The minimum atomic E-state index is -0.531. The highest BCUT2D eigenvalue weighted by Gasteiger charge is 2.16. The number of halogens is 1. The molecule has 1 N–H and O–H groups in total. The monoisotopic (exact) mass is 373 g/mol. The highest BCUT2D eigenvalue weighted by atomic mass is 35.5. The maximum Gasteiger partial charge on any atom is 0.270 e. The summed E-state index contributed by atoms with van der Waals surface area (Å²) in [5, 5.41) is 23.1. The lowest BCUT2D eigenvalue weighted by Crippen LogP contribution is -2.32. The Morgan fingerprint density at radius 1 is 1.46 bits per heavy atom. The zero-order chi connectivity index (χ0) is 19.3. The van der Waals surface area contributed by atoms with Crippen molar-refractivity contribution in [2.75, 3.05) is 0 Å². The van der Waals surface area contributed by atoms with Crippen molar-refractivity contribution >= 4 is 29.3 Å². The SMILES string of the molecule is CC[C@H](C)NC(=O)/C(C#N)=C/c1ccc(-c2cc([N+](=O)[O-])ccc2Cl)o1. The molecular formula is C18H16ClN3O4. The molecule has 0 aliphatic carbocycles. The fourth-order valence-electron chi connectivity index (χ4n) is 2.09. The van der Waals surface area contributed by atoms with Crippen LogP contribution in [0.4, 0.5) is 5.69 Å². The molecular weight excluding hydrogens is 358 g/mol. The summed E-state index contributed by atoms with van der Waals surface area (Å²) in [4.78, 5) is 22.4. The molecule has 0 spiro atoms. The van der Waals surface area contributed by atoms with Crippen molar-refractivity contribution in [1.82, 2.24) is 5.32 Å². The molecule has 2 rings (SSSR count). The molecule has 1 aromatic heterocycles. The summed E-state index contributed by atoms with van der Waals surface area (Å²) in [5.74, 6) is 0.0659. The second-order valence-electron chi connectivity index (χ2n) is 5.58. The predicted octanol–water partition coefficient (Wildman–Crippen LogP) is 4.33. The minimum Gasteiger partial charge on any atom is -0.457 e. The van der Waals surface area contributed by atoms with Crippen molar-refractivity contribution in [3.05, 3.63) is 56.8 Å². The van der Waals surface area contributed by atoms with E-state index in [-0.39, 0.29) is 28.1 Å². The van der Waals surface area contributed by atoms with Gasteiger partial charge in [0.15, 0.2) is 0 Å². The van der Waals surface area contributed by atoms with Gasteiger partial charge in [-0.25, -0.2) is 0 Å². The zero-order valence-electron chi connectivity index (χ0n) is 14.2. The average Bonchev–Trinajstić information content (AvgIpc) is 3.07. The topological polar surface area (TPSA) is 109 Å². The van der Waals surface area contributed by atoms with E-state index in [9.17, 15) is 20.2 Å². The Bertz CT molecular complexity index is 911. The van der Waals surface area contributed by atoms with E-state index >= 15 is 0 Å². The molecule has 1 atom stereocenters. The van der Waals surface area contributed by atoms with Crippen LogP contribution in [-0.4, -0.2) is 16.9 Å². The summed E-state index contributed by atoms with van der Waals surface area (Å²) in [6, 6.07) is 8.90. The first-order valence-electron chi connectivity index (χ1n) is 7.82. The number of rotatable bonds is 6. The van der Waals surface area contributed by atoms with Crippen molar-refractivity contribution in [1.29, 1.82) is 5.26 Å². The molecule has 26 heavy (non-hydrogen) atoms. The van der Waals surface area contributed by atoms with Crippen LogP contribution in [0.25, 0.3) is 17.4 Å². The van der Waals surface area contributed by atoms with Crippen molar-refractivity contribution in [3.8, 4) is 17.4 Å². The van der Waals surface area contributed by atoms with Gasteiger partial charge in [0.1, 0.15) is 23.2 Å². The lowest BCUT2D eigenvalue weighted by molar-refractivity contribution is -0.384. The third-order valence-corrected chi connectivity index (χ3v) is 4.02. The Balaban J connectivity index is 2.32. The molecule has 0 saturated carbocycles. The second-order valence-corrected chi connectivity index (χ2v) is 5.98. The van der Waals surface area contributed by atoms with Crippen LogP contribution in [-0.2, 0) is 4.79 Å². The molecule has 0 bridgehead atoms. The first-order chi connectivity index (χ1) is 12.3. The van der Waals surface area contributed by atoms with E-state index < -0.39 is 10.8 Å². The standard InChI is InChI=1S/C18H16ClN3O4/c1-3-11(2)21-18(23)12(10-20)8-14-5-7-17(26-14)15-9-13(22(24)25)4-6-16(15)19/h4-9,11H,3H2,1-2H3,(H,21,23)/b12-8+/t11-/m0/s1. The molecule has 0 unspecified atom stereocenters. The number of nitriles is 1. The summed E-state index contributed by atoms with van der Waals surface area (Å²) < 4.78 is 5.58. The van der Waals surface area contributed by atoms with Gasteiger partial charge in [-0.1, -0.05) is 18.5 Å². The molecule has 1 heterocycles. The fraction of sp³-hybridized carbons (Fsp3) is 0.222. The van der Waals surface area contributed by atoms with Crippen LogP contribution in [0.15, 0.2) is 40.3 Å². The summed E-state index contributed by atoms with van der Waals surface area (Å²) in [6.07, 6.45) is 2.05. The number of nitrogens with zero attached hydrogens (tertiary/aromatic N) is 2. The molecule has 2 aromatic rings. The van der Waals surface area contributed by atoms with Gasteiger partial charge in [-0.15, -0.1) is 0 Å². The van der Waals surface area contributed by atoms with Gasteiger partial charge in [0.05, 0.1) is 9.95 Å². The quantitative estimate of drug-likeness (QED) is 0.350. The number of hydrogen-bond donors (Lipinski definition) is 1. The second kappa shape index (κ2) is 8.32. The predicted molar refractivity (Wildman–Crippen MR) is 97.3 cm³/mol. The van der Waals surface area contributed by atoms with Crippen LogP contribution < -0.4 is 5.32 Å². The zero-order valence-corrected chi connectivity index (χ0v) is 14.9. The highest BCUT2D eigenvalue weighted by molar-refractivity contribution is 6.33. The van der Waals surface area contributed by atoms with Gasteiger partial charge in [-0.05, 0) is 31.5 Å². The lowest BCUT2D eigenvalue weighted by atomic mass is 10.1. The van der Waals surface area contributed by atoms with E-state index in [1.807, 2.05) is 19.9 Å². The lowest BCUT2D eigenvalue weighted by Gasteiger charge is -2.09. The Morgan fingerprint density at radius 2 is 2.19 bits per heavy atom. The molecule has 7 nitrogen and oxygen atoms in total. The van der Waals surface area contributed by atoms with E-state index in [1.165, 1.54) is 24.3 Å². The van der Waals surface area contributed by atoms with Crippen molar-refractivity contribution in [2.24, 2.45) is 0 Å². The summed E-state index contributed by atoms with van der Waals surface area (Å²) in [5.41, 5.74) is 0.128. The fourth-order valence-corrected chi connectivity index (χ4v) is 2.30. The van der Waals surface area contributed by atoms with Gasteiger partial charge in [0.2, 0.25) is 0 Å². The number of benzene rings is 1. The van der Waals surface area contributed by atoms with Gasteiger partial charge < -0.3 is 9.73 Å². The maximum atomic E-state index is 12.1. The molecule has 1 amide bonds. The van der Waals surface area contributed by atoms with Crippen LogP contribution in [0.5, 0.6) is 0 Å². The molecule has 134 valence electrons. The van der Waals surface area contributed by atoms with Gasteiger partial charge in [-0.3, -0.25) is 14.9 Å². The van der Waals surface area contributed by atoms with Crippen LogP contribution in [0.1, 0.15) is 26.0 Å². The summed E-state index contributed by atoms with van der Waals surface area (Å²) >= 11 is 6.09. The van der Waals surface area contributed by atoms with Crippen molar-refractivity contribution < 1.29 is 14.1 Å². The van der Waals surface area contributed by atoms with Gasteiger partial charge in [0, 0.05) is 29.8 Å². The largest absolute Gasteiger partial charge is 0.457 e. The summed E-state index contributed by atoms with van der Waals surface area (Å²) in [6.45, 7) is 3.75. The average molecular weight is 374 g/mol. The van der Waals surface area contributed by atoms with Gasteiger partial charge in [0.25, 0.3) is 11.6 Å². The first-order valence-corrected chi connectivity index (χ1v) is 8.20. The van der Waals surface area contributed by atoms with Crippen molar-refractivity contribution in [2.45, 2.75) is 26.3 Å². The van der Waals surface area contributed by atoms with E-state index in [2.05, 4.69) is 5.32 Å². The molecule has 0 saturated heterocycles. The van der Waals surface area contributed by atoms with Gasteiger partial charge in [-0.2, -0.15) is 5.26 Å². The summed E-state index contributed by atoms with van der Waals surface area (Å²) in [7, 11) is 0. The Morgan fingerprint density at radius 3 is 2.81 bits per heavy atom. The Labute approximate surface area is 155 Å². The van der Waals surface area contributed by atoms with E-state index in [1.54, 1.807) is 12.1 Å². The Hall–Kier alpha value is -3.11. The Kier molecular flexibility index (Phi) is 6.15. The molecule has 1 aromatic carbocycles. The van der Waals surface area contributed by atoms with Crippen LogP contribution in [0.3, 0.4) is 0 Å². The third-order valence-electron chi connectivity index (χ3n) is 3.69. The van der Waals surface area contributed by atoms with Crippen LogP contribution >= 0.6 is 11.6 Å². The number of carbonyl (C=O) groups is 1. The van der Waals surface area contributed by atoms with E-state index in [0.29, 0.717) is 11.3 Å². The van der Waals surface area contributed by atoms with Crippen LogP contribution in [0.2, 0.25) is 5.02 Å². The van der Waals surface area contributed by atoms with Gasteiger partial charge >= 0.3 is 0 Å². The van der Waals surface area contributed by atoms with Crippen LogP contribution in [0, 0.1) is 21.4 Å².